The predicted molar refractivity (Wildman–Crippen MR) is 123 cm³/mol. The summed E-state index contributed by atoms with van der Waals surface area (Å²) in [5, 5.41) is 15.8. The van der Waals surface area contributed by atoms with E-state index in [0.717, 1.165) is 0 Å². The van der Waals surface area contributed by atoms with Crippen molar-refractivity contribution in [2.75, 3.05) is 17.1 Å². The largest absolute Gasteiger partial charge is 0.478 e. The van der Waals surface area contributed by atoms with Crippen molar-refractivity contribution < 1.29 is 22.9 Å². The number of benzene rings is 2. The Morgan fingerprint density at radius 2 is 1.70 bits per heavy atom. The maximum Gasteiger partial charge on any atom is 0.269 e. The molecule has 1 aromatic heterocycles. The number of non-ortho nitro benzene ring substituents is 1. The summed E-state index contributed by atoms with van der Waals surface area (Å²) < 4.78 is 32.5. The number of rotatable bonds is 7. The maximum atomic E-state index is 12.6. The zero-order valence-corrected chi connectivity index (χ0v) is 18.5. The number of hydrogen-bond acceptors (Lipinski definition) is 9. The number of carbonyl (C=O) groups excluding carboxylic acids is 1. The summed E-state index contributed by atoms with van der Waals surface area (Å²) in [6, 6.07) is 10.6. The molecule has 0 aliphatic carbocycles. The Morgan fingerprint density at radius 3 is 2.30 bits per heavy atom. The molecule has 3 rings (SSSR count). The minimum Gasteiger partial charge on any atom is -0.478 e. The van der Waals surface area contributed by atoms with E-state index in [4.69, 9.17) is 17.0 Å². The molecule has 12 nitrogen and oxygen atoms in total. The summed E-state index contributed by atoms with van der Waals surface area (Å²) in [7, 11) is -2.63. The first-order valence-electron chi connectivity index (χ1n) is 9.04. The SMILES string of the molecule is COc1nccnc1NS(=O)(=O)c1ccc(NC(=S)NC(=O)c2ccc([N+](=O)[O-])cc2)cc1. The smallest absolute Gasteiger partial charge is 0.269 e. The molecule has 0 saturated carbocycles. The number of aromatic nitrogens is 2. The number of nitrogens with zero attached hydrogens (tertiary/aromatic N) is 3. The van der Waals surface area contributed by atoms with Crippen LogP contribution in [-0.2, 0) is 10.0 Å². The van der Waals surface area contributed by atoms with Crippen LogP contribution < -0.4 is 20.1 Å². The van der Waals surface area contributed by atoms with E-state index in [2.05, 4.69) is 25.3 Å². The number of anilines is 2. The van der Waals surface area contributed by atoms with Gasteiger partial charge in [-0.25, -0.2) is 18.4 Å². The third-order valence-electron chi connectivity index (χ3n) is 4.08. The highest BCUT2D eigenvalue weighted by Gasteiger charge is 2.18. The van der Waals surface area contributed by atoms with Crippen LogP contribution in [0.4, 0.5) is 17.2 Å². The quantitative estimate of drug-likeness (QED) is 0.255. The van der Waals surface area contributed by atoms with E-state index in [1.807, 2.05) is 0 Å². The highest BCUT2D eigenvalue weighted by Crippen LogP contribution is 2.22. The van der Waals surface area contributed by atoms with Crippen LogP contribution in [0.15, 0.2) is 65.8 Å². The second-order valence-electron chi connectivity index (χ2n) is 6.26. The van der Waals surface area contributed by atoms with Crippen molar-refractivity contribution >= 4 is 50.5 Å². The lowest BCUT2D eigenvalue weighted by molar-refractivity contribution is -0.384. The van der Waals surface area contributed by atoms with E-state index in [9.17, 15) is 23.3 Å². The Balaban J connectivity index is 1.63. The second kappa shape index (κ2) is 9.97. The molecule has 0 unspecified atom stereocenters. The number of nitro groups is 1. The molecule has 0 aliphatic rings. The predicted octanol–water partition coefficient (Wildman–Crippen LogP) is 2.32. The van der Waals surface area contributed by atoms with Gasteiger partial charge < -0.3 is 10.1 Å². The fourth-order valence-electron chi connectivity index (χ4n) is 2.52. The number of nitro benzene ring substituents is 1. The number of ether oxygens (including phenoxy) is 1. The van der Waals surface area contributed by atoms with Gasteiger partial charge in [0.25, 0.3) is 27.5 Å². The Bertz CT molecular complexity index is 1300. The normalized spacial score (nSPS) is 10.7. The number of nitrogens with one attached hydrogen (secondary N) is 3. The van der Waals surface area contributed by atoms with E-state index in [1.165, 1.54) is 68.0 Å². The molecule has 0 fully saturated rings. The van der Waals surface area contributed by atoms with Gasteiger partial charge in [-0.15, -0.1) is 0 Å². The summed E-state index contributed by atoms with van der Waals surface area (Å²) in [5.74, 6) is -0.602. The molecule has 3 N–H and O–H groups in total. The first kappa shape index (κ1) is 23.5. The van der Waals surface area contributed by atoms with E-state index < -0.39 is 20.9 Å². The van der Waals surface area contributed by atoms with E-state index >= 15 is 0 Å². The molecule has 0 spiro atoms. The highest BCUT2D eigenvalue weighted by molar-refractivity contribution is 7.92. The number of thiocarbonyl (C=S) groups is 1. The van der Waals surface area contributed by atoms with Gasteiger partial charge in [0.05, 0.1) is 16.9 Å². The van der Waals surface area contributed by atoms with Gasteiger partial charge in [0, 0.05) is 35.8 Å². The number of amides is 1. The number of methoxy groups -OCH3 is 1. The third-order valence-corrected chi connectivity index (χ3v) is 5.64. The summed E-state index contributed by atoms with van der Waals surface area (Å²) in [6.45, 7) is 0. The van der Waals surface area contributed by atoms with Crippen molar-refractivity contribution in [2.24, 2.45) is 0 Å². The van der Waals surface area contributed by atoms with Crippen LogP contribution in [0.1, 0.15) is 10.4 Å². The van der Waals surface area contributed by atoms with Crippen LogP contribution in [0.5, 0.6) is 5.88 Å². The highest BCUT2D eigenvalue weighted by atomic mass is 32.2. The van der Waals surface area contributed by atoms with Gasteiger partial charge in [-0.05, 0) is 48.6 Å². The molecular weight excluding hydrogens is 472 g/mol. The minimum absolute atomic E-state index is 0.0217. The molecule has 0 saturated heterocycles. The van der Waals surface area contributed by atoms with Gasteiger partial charge in [0.2, 0.25) is 5.82 Å². The molecule has 33 heavy (non-hydrogen) atoms. The summed E-state index contributed by atoms with van der Waals surface area (Å²) in [4.78, 5) is 30.1. The second-order valence-corrected chi connectivity index (χ2v) is 8.35. The molecule has 1 amide bonds. The van der Waals surface area contributed by atoms with Gasteiger partial charge in [0.1, 0.15) is 0 Å². The van der Waals surface area contributed by atoms with E-state index in [1.54, 1.807) is 0 Å². The zero-order chi connectivity index (χ0) is 24.0. The summed E-state index contributed by atoms with van der Waals surface area (Å²) >= 11 is 5.09. The fourth-order valence-corrected chi connectivity index (χ4v) is 3.74. The van der Waals surface area contributed by atoms with Gasteiger partial charge in [-0.2, -0.15) is 0 Å². The Morgan fingerprint density at radius 1 is 1.06 bits per heavy atom. The lowest BCUT2D eigenvalue weighted by atomic mass is 10.2. The average Bonchev–Trinajstić information content (AvgIpc) is 2.79. The number of carbonyl (C=O) groups is 1. The molecule has 0 bridgehead atoms. The average molecular weight is 489 g/mol. The van der Waals surface area contributed by atoms with Crippen molar-refractivity contribution in [3.8, 4) is 5.88 Å². The van der Waals surface area contributed by atoms with Crippen molar-refractivity contribution in [3.05, 3.63) is 76.6 Å². The molecular formula is C19H16N6O6S2. The Kier molecular flexibility index (Phi) is 7.10. The van der Waals surface area contributed by atoms with Crippen molar-refractivity contribution in [1.29, 1.82) is 0 Å². The topological polar surface area (TPSA) is 165 Å². The van der Waals surface area contributed by atoms with Crippen LogP contribution in [0.3, 0.4) is 0 Å². The first-order chi connectivity index (χ1) is 15.7. The summed E-state index contributed by atoms with van der Waals surface area (Å²) in [6.07, 6.45) is 2.68. The Labute approximate surface area is 193 Å². The third kappa shape index (κ3) is 5.96. The van der Waals surface area contributed by atoms with Crippen molar-refractivity contribution in [3.63, 3.8) is 0 Å². The van der Waals surface area contributed by atoms with E-state index in [0.29, 0.717) is 5.69 Å². The lowest BCUT2D eigenvalue weighted by Crippen LogP contribution is -2.34. The van der Waals surface area contributed by atoms with Crippen LogP contribution >= 0.6 is 12.2 Å². The first-order valence-corrected chi connectivity index (χ1v) is 10.9. The van der Waals surface area contributed by atoms with Crippen LogP contribution in [-0.4, -0.2) is 41.4 Å². The molecule has 3 aromatic rings. The lowest BCUT2D eigenvalue weighted by Gasteiger charge is -2.12. The molecule has 14 heteroatoms. The van der Waals surface area contributed by atoms with Crippen LogP contribution in [0.2, 0.25) is 0 Å². The number of hydrogen-bond donors (Lipinski definition) is 3. The van der Waals surface area contributed by atoms with Gasteiger partial charge in [-0.3, -0.25) is 24.9 Å². The molecule has 1 heterocycles. The summed E-state index contributed by atoms with van der Waals surface area (Å²) in [5.41, 5.74) is 0.450. The Hall–Kier alpha value is -4.17. The van der Waals surface area contributed by atoms with Crippen molar-refractivity contribution in [2.45, 2.75) is 4.90 Å². The maximum absolute atomic E-state index is 12.6. The van der Waals surface area contributed by atoms with Gasteiger partial charge >= 0.3 is 0 Å². The fraction of sp³-hybridized carbons (Fsp3) is 0.0526. The zero-order valence-electron chi connectivity index (χ0n) is 16.9. The molecule has 0 radical (unpaired) electrons. The van der Waals surface area contributed by atoms with E-state index in [-0.39, 0.29) is 33.0 Å². The minimum atomic E-state index is -3.97. The number of sulfonamides is 1. The van der Waals surface area contributed by atoms with Gasteiger partial charge in [0.15, 0.2) is 5.11 Å². The molecule has 170 valence electrons. The van der Waals surface area contributed by atoms with Gasteiger partial charge in [-0.1, -0.05) is 0 Å². The molecule has 0 atom stereocenters. The standard InChI is InChI=1S/C19H16N6O6S2/c1-31-18-16(20-10-11-21-18)24-33(29,30)15-8-4-13(5-9-15)22-19(32)23-17(26)12-2-6-14(7-3-12)25(27)28/h2-11H,1H3,(H,20,24)(H2,22,23,26,32). The molecule has 0 aliphatic heterocycles. The monoisotopic (exact) mass is 488 g/mol. The van der Waals surface area contributed by atoms with Crippen LogP contribution in [0, 0.1) is 10.1 Å². The van der Waals surface area contributed by atoms with Crippen LogP contribution in [0.25, 0.3) is 0 Å². The molecule has 2 aromatic carbocycles. The van der Waals surface area contributed by atoms with Crippen molar-refractivity contribution in [1.82, 2.24) is 15.3 Å².